The molecule has 0 fully saturated rings. The summed E-state index contributed by atoms with van der Waals surface area (Å²) < 4.78 is 5.35. The lowest BCUT2D eigenvalue weighted by Gasteiger charge is -2.28. The van der Waals surface area contributed by atoms with Crippen molar-refractivity contribution in [3.8, 4) is 0 Å². The van der Waals surface area contributed by atoms with Crippen molar-refractivity contribution in [1.29, 1.82) is 0 Å². The third-order valence-corrected chi connectivity index (χ3v) is 2.98. The van der Waals surface area contributed by atoms with Gasteiger partial charge in [0.2, 0.25) is 0 Å². The molecule has 1 unspecified atom stereocenters. The third kappa shape index (κ3) is 4.94. The SMILES string of the molecule is COC(C)(C)CC(CO)Nc1ccc(Cl)cc1. The van der Waals surface area contributed by atoms with E-state index in [9.17, 15) is 5.11 Å². The van der Waals surface area contributed by atoms with E-state index < -0.39 is 0 Å². The van der Waals surface area contributed by atoms with Gasteiger partial charge in [-0.15, -0.1) is 0 Å². The van der Waals surface area contributed by atoms with E-state index in [4.69, 9.17) is 16.3 Å². The van der Waals surface area contributed by atoms with E-state index in [2.05, 4.69) is 5.32 Å². The lowest BCUT2D eigenvalue weighted by Crippen LogP contribution is -2.35. The molecule has 0 radical (unpaired) electrons. The van der Waals surface area contributed by atoms with E-state index in [0.717, 1.165) is 12.1 Å². The number of rotatable bonds is 6. The number of halogens is 1. The summed E-state index contributed by atoms with van der Waals surface area (Å²) in [5.41, 5.74) is 0.688. The van der Waals surface area contributed by atoms with Gasteiger partial charge in [0.15, 0.2) is 0 Å². The van der Waals surface area contributed by atoms with E-state index >= 15 is 0 Å². The first-order valence-corrected chi connectivity index (χ1v) is 6.03. The predicted octanol–water partition coefficient (Wildman–Crippen LogP) is 2.93. The van der Waals surface area contributed by atoms with Gasteiger partial charge in [-0.3, -0.25) is 0 Å². The zero-order valence-corrected chi connectivity index (χ0v) is 11.3. The van der Waals surface area contributed by atoms with Crippen LogP contribution in [0.15, 0.2) is 24.3 Å². The van der Waals surface area contributed by atoms with Crippen LogP contribution in [0, 0.1) is 0 Å². The van der Waals surface area contributed by atoms with Crippen LogP contribution in [0.1, 0.15) is 20.3 Å². The Balaban J connectivity index is 2.61. The van der Waals surface area contributed by atoms with Crippen molar-refractivity contribution in [3.63, 3.8) is 0 Å². The highest BCUT2D eigenvalue weighted by Crippen LogP contribution is 2.20. The molecule has 4 heteroatoms. The summed E-state index contributed by atoms with van der Waals surface area (Å²) in [5, 5.41) is 13.3. The minimum atomic E-state index is -0.257. The normalized spacial score (nSPS) is 13.5. The molecule has 1 rings (SSSR count). The number of aliphatic hydroxyl groups excluding tert-OH is 1. The molecule has 0 aliphatic heterocycles. The van der Waals surface area contributed by atoms with Crippen molar-refractivity contribution in [2.45, 2.75) is 31.9 Å². The molecule has 0 saturated heterocycles. The van der Waals surface area contributed by atoms with Crippen molar-refractivity contribution in [1.82, 2.24) is 0 Å². The Morgan fingerprint density at radius 1 is 1.35 bits per heavy atom. The topological polar surface area (TPSA) is 41.5 Å². The Morgan fingerprint density at radius 3 is 2.41 bits per heavy atom. The van der Waals surface area contributed by atoms with Gasteiger partial charge in [-0.2, -0.15) is 0 Å². The Bertz CT molecular complexity index is 338. The van der Waals surface area contributed by atoms with Gasteiger partial charge in [0, 0.05) is 17.8 Å². The van der Waals surface area contributed by atoms with Gasteiger partial charge in [-0.25, -0.2) is 0 Å². The molecule has 1 aromatic carbocycles. The maximum atomic E-state index is 9.36. The predicted molar refractivity (Wildman–Crippen MR) is 71.7 cm³/mol. The van der Waals surface area contributed by atoms with Crippen LogP contribution in [0.4, 0.5) is 5.69 Å². The van der Waals surface area contributed by atoms with Crippen molar-refractivity contribution in [3.05, 3.63) is 29.3 Å². The monoisotopic (exact) mass is 257 g/mol. The number of ether oxygens (including phenoxy) is 1. The molecular formula is C13H20ClNO2. The molecule has 17 heavy (non-hydrogen) atoms. The number of anilines is 1. The van der Waals surface area contributed by atoms with E-state index in [-0.39, 0.29) is 18.2 Å². The Kier molecular flexibility index (Phi) is 5.25. The third-order valence-electron chi connectivity index (χ3n) is 2.73. The summed E-state index contributed by atoms with van der Waals surface area (Å²) >= 11 is 5.81. The highest BCUT2D eigenvalue weighted by molar-refractivity contribution is 6.30. The Hall–Kier alpha value is -0.770. The van der Waals surface area contributed by atoms with Gasteiger partial charge in [-0.1, -0.05) is 11.6 Å². The van der Waals surface area contributed by atoms with Crippen molar-refractivity contribution < 1.29 is 9.84 Å². The van der Waals surface area contributed by atoms with Gasteiger partial charge in [-0.05, 0) is 44.5 Å². The molecular weight excluding hydrogens is 238 g/mol. The molecule has 0 saturated carbocycles. The van der Waals surface area contributed by atoms with Crippen molar-refractivity contribution in [2.24, 2.45) is 0 Å². The molecule has 2 N–H and O–H groups in total. The highest BCUT2D eigenvalue weighted by atomic mass is 35.5. The summed E-state index contributed by atoms with van der Waals surface area (Å²) in [6.45, 7) is 4.06. The first kappa shape index (κ1) is 14.3. The molecule has 0 aliphatic rings. The lowest BCUT2D eigenvalue weighted by molar-refractivity contribution is 0.00748. The molecule has 96 valence electrons. The van der Waals surface area contributed by atoms with E-state index in [1.54, 1.807) is 7.11 Å². The first-order valence-electron chi connectivity index (χ1n) is 5.65. The van der Waals surface area contributed by atoms with Crippen molar-refractivity contribution >= 4 is 17.3 Å². The summed E-state index contributed by atoms with van der Waals surface area (Å²) in [6.07, 6.45) is 0.725. The molecule has 0 bridgehead atoms. The molecule has 0 aromatic heterocycles. The average Bonchev–Trinajstić information content (AvgIpc) is 2.31. The molecule has 0 spiro atoms. The van der Waals surface area contributed by atoms with Crippen LogP contribution in [0.25, 0.3) is 0 Å². The second-order valence-corrected chi connectivity index (χ2v) is 5.14. The standard InChI is InChI=1S/C13H20ClNO2/c1-13(2,17-3)8-12(9-16)15-11-6-4-10(14)5-7-11/h4-7,12,15-16H,8-9H2,1-3H3. The number of hydrogen-bond donors (Lipinski definition) is 2. The van der Waals surface area contributed by atoms with Gasteiger partial charge < -0.3 is 15.2 Å². The quantitative estimate of drug-likeness (QED) is 0.823. The first-order chi connectivity index (χ1) is 7.96. The number of hydrogen-bond acceptors (Lipinski definition) is 3. The molecule has 1 atom stereocenters. The summed E-state index contributed by atoms with van der Waals surface area (Å²) in [7, 11) is 1.68. The van der Waals surface area contributed by atoms with Crippen LogP contribution in [-0.2, 0) is 4.74 Å². The zero-order chi connectivity index (χ0) is 12.9. The van der Waals surface area contributed by atoms with E-state index in [0.29, 0.717) is 5.02 Å². The van der Waals surface area contributed by atoms with Crippen LogP contribution < -0.4 is 5.32 Å². The van der Waals surface area contributed by atoms with E-state index in [1.807, 2.05) is 38.1 Å². The van der Waals surface area contributed by atoms with Crippen LogP contribution in [0.5, 0.6) is 0 Å². The minimum absolute atomic E-state index is 0.0360. The number of nitrogens with one attached hydrogen (secondary N) is 1. The molecule has 0 heterocycles. The maximum Gasteiger partial charge on any atom is 0.0643 e. The number of aliphatic hydroxyl groups is 1. The fourth-order valence-electron chi connectivity index (χ4n) is 1.62. The summed E-state index contributed by atoms with van der Waals surface area (Å²) in [6, 6.07) is 7.39. The highest BCUT2D eigenvalue weighted by Gasteiger charge is 2.22. The summed E-state index contributed by atoms with van der Waals surface area (Å²) in [4.78, 5) is 0. The number of benzene rings is 1. The fraction of sp³-hybridized carbons (Fsp3) is 0.538. The molecule has 3 nitrogen and oxygen atoms in total. The summed E-state index contributed by atoms with van der Waals surface area (Å²) in [5.74, 6) is 0. The number of methoxy groups -OCH3 is 1. The van der Waals surface area contributed by atoms with Crippen LogP contribution in [0.3, 0.4) is 0 Å². The van der Waals surface area contributed by atoms with Crippen LogP contribution >= 0.6 is 11.6 Å². The van der Waals surface area contributed by atoms with Gasteiger partial charge in [0.1, 0.15) is 0 Å². The maximum absolute atomic E-state index is 9.36. The van der Waals surface area contributed by atoms with Gasteiger partial charge in [0.25, 0.3) is 0 Å². The van der Waals surface area contributed by atoms with Gasteiger partial charge >= 0.3 is 0 Å². The van der Waals surface area contributed by atoms with Crippen LogP contribution in [0.2, 0.25) is 5.02 Å². The average molecular weight is 258 g/mol. The van der Waals surface area contributed by atoms with Crippen molar-refractivity contribution in [2.75, 3.05) is 19.0 Å². The molecule has 0 aliphatic carbocycles. The van der Waals surface area contributed by atoms with Crippen LogP contribution in [-0.4, -0.2) is 30.5 Å². The minimum Gasteiger partial charge on any atom is -0.394 e. The Labute approximate surface area is 108 Å². The smallest absolute Gasteiger partial charge is 0.0643 e. The molecule has 0 amide bonds. The molecule has 1 aromatic rings. The fourth-order valence-corrected chi connectivity index (χ4v) is 1.75. The second-order valence-electron chi connectivity index (χ2n) is 4.70. The largest absolute Gasteiger partial charge is 0.394 e. The zero-order valence-electron chi connectivity index (χ0n) is 10.5. The Morgan fingerprint density at radius 2 is 1.94 bits per heavy atom. The van der Waals surface area contributed by atoms with E-state index in [1.165, 1.54) is 0 Å². The lowest BCUT2D eigenvalue weighted by atomic mass is 9.99. The second kappa shape index (κ2) is 6.24. The van der Waals surface area contributed by atoms with Gasteiger partial charge in [0.05, 0.1) is 18.2 Å².